The molecule has 6 heteroatoms. The van der Waals surface area contributed by atoms with E-state index in [1.54, 1.807) is 18.2 Å². The second kappa shape index (κ2) is 5.44. The Bertz CT molecular complexity index is 734. The summed E-state index contributed by atoms with van der Waals surface area (Å²) in [6.45, 7) is 0. The first-order valence-electron chi connectivity index (χ1n) is 5.68. The molecule has 0 saturated carbocycles. The van der Waals surface area contributed by atoms with Crippen LogP contribution in [-0.2, 0) is 0 Å². The van der Waals surface area contributed by atoms with Crippen molar-refractivity contribution in [1.29, 1.82) is 0 Å². The van der Waals surface area contributed by atoms with Crippen molar-refractivity contribution in [2.75, 3.05) is 0 Å². The van der Waals surface area contributed by atoms with E-state index in [1.165, 1.54) is 6.26 Å². The van der Waals surface area contributed by atoms with Crippen LogP contribution in [-0.4, -0.2) is 9.97 Å². The van der Waals surface area contributed by atoms with Crippen molar-refractivity contribution >= 4 is 34.8 Å². The van der Waals surface area contributed by atoms with Crippen LogP contribution in [0.4, 0.5) is 0 Å². The molecule has 0 spiro atoms. The van der Waals surface area contributed by atoms with Gasteiger partial charge in [0.1, 0.15) is 10.3 Å². The van der Waals surface area contributed by atoms with Gasteiger partial charge in [0.25, 0.3) is 0 Å². The van der Waals surface area contributed by atoms with Gasteiger partial charge in [0, 0.05) is 10.6 Å². The Morgan fingerprint density at radius 2 is 1.55 bits per heavy atom. The zero-order valence-electron chi connectivity index (χ0n) is 9.98. The Hall–Kier alpha value is -1.55. The maximum absolute atomic E-state index is 6.22. The van der Waals surface area contributed by atoms with Crippen molar-refractivity contribution in [3.05, 3.63) is 58.0 Å². The molecule has 0 N–H and O–H groups in total. The summed E-state index contributed by atoms with van der Waals surface area (Å²) in [5, 5.41) is 0.986. The Morgan fingerprint density at radius 3 is 2.15 bits per heavy atom. The van der Waals surface area contributed by atoms with Gasteiger partial charge in [0.2, 0.25) is 0 Å². The van der Waals surface area contributed by atoms with Gasteiger partial charge in [0.15, 0.2) is 11.6 Å². The zero-order valence-corrected chi connectivity index (χ0v) is 12.2. The van der Waals surface area contributed by atoms with E-state index in [1.807, 2.05) is 18.2 Å². The number of benzene rings is 1. The van der Waals surface area contributed by atoms with Gasteiger partial charge in [-0.15, -0.1) is 0 Å². The SMILES string of the molecule is Clc1ccccc1-c1c(Cl)nc(-c2ccco2)nc1Cl. The molecule has 1 aromatic carbocycles. The van der Waals surface area contributed by atoms with Crippen LogP contribution < -0.4 is 0 Å². The van der Waals surface area contributed by atoms with Crippen molar-refractivity contribution in [2.24, 2.45) is 0 Å². The molecule has 3 aromatic rings. The summed E-state index contributed by atoms with van der Waals surface area (Å²) in [6.07, 6.45) is 1.53. The predicted molar refractivity (Wildman–Crippen MR) is 80.2 cm³/mol. The highest BCUT2D eigenvalue weighted by atomic mass is 35.5. The lowest BCUT2D eigenvalue weighted by Gasteiger charge is -2.09. The molecule has 0 unspecified atom stereocenters. The van der Waals surface area contributed by atoms with Gasteiger partial charge in [-0.3, -0.25) is 0 Å². The number of hydrogen-bond acceptors (Lipinski definition) is 3. The topological polar surface area (TPSA) is 38.9 Å². The molecule has 0 aliphatic heterocycles. The van der Waals surface area contributed by atoms with E-state index in [9.17, 15) is 0 Å². The Labute approximate surface area is 130 Å². The third kappa shape index (κ3) is 2.40. The number of rotatable bonds is 2. The first kappa shape index (κ1) is 13.4. The Morgan fingerprint density at radius 1 is 0.850 bits per heavy atom. The van der Waals surface area contributed by atoms with E-state index in [4.69, 9.17) is 39.2 Å². The molecule has 100 valence electrons. The second-order valence-electron chi connectivity index (χ2n) is 3.96. The molecule has 0 amide bonds. The molecule has 0 saturated heterocycles. The standard InChI is InChI=1S/C14H7Cl3N2O/c15-9-5-2-1-4-8(9)11-12(16)18-14(19-13(11)17)10-6-3-7-20-10/h1-7H. The highest BCUT2D eigenvalue weighted by Crippen LogP contribution is 2.37. The van der Waals surface area contributed by atoms with Crippen molar-refractivity contribution in [3.63, 3.8) is 0 Å². The Balaban J connectivity index is 2.17. The van der Waals surface area contributed by atoms with Crippen LogP contribution in [0.2, 0.25) is 15.3 Å². The summed E-state index contributed by atoms with van der Waals surface area (Å²) < 4.78 is 5.23. The minimum atomic E-state index is 0.226. The summed E-state index contributed by atoms with van der Waals surface area (Å²) in [6, 6.07) is 10.7. The van der Waals surface area contributed by atoms with Crippen LogP contribution in [0.1, 0.15) is 0 Å². The molecule has 0 radical (unpaired) electrons. The van der Waals surface area contributed by atoms with Gasteiger partial charge in [-0.05, 0) is 18.2 Å². The molecule has 3 rings (SSSR count). The van der Waals surface area contributed by atoms with Gasteiger partial charge >= 0.3 is 0 Å². The smallest absolute Gasteiger partial charge is 0.198 e. The Kier molecular flexibility index (Phi) is 3.66. The molecule has 20 heavy (non-hydrogen) atoms. The largest absolute Gasteiger partial charge is 0.461 e. The number of nitrogens with zero attached hydrogens (tertiary/aromatic N) is 2. The highest BCUT2D eigenvalue weighted by Gasteiger charge is 2.17. The molecule has 0 aliphatic carbocycles. The van der Waals surface area contributed by atoms with Crippen LogP contribution >= 0.6 is 34.8 Å². The second-order valence-corrected chi connectivity index (χ2v) is 5.08. The number of hydrogen-bond donors (Lipinski definition) is 0. The zero-order chi connectivity index (χ0) is 14.1. The first-order chi connectivity index (χ1) is 9.66. The van der Waals surface area contributed by atoms with Crippen molar-refractivity contribution < 1.29 is 4.42 Å². The summed E-state index contributed by atoms with van der Waals surface area (Å²) in [5.74, 6) is 0.834. The van der Waals surface area contributed by atoms with E-state index in [0.717, 1.165) is 0 Å². The normalized spacial score (nSPS) is 10.8. The van der Waals surface area contributed by atoms with Gasteiger partial charge in [0.05, 0.1) is 11.8 Å². The molecular formula is C14H7Cl3N2O. The fraction of sp³-hybridized carbons (Fsp3) is 0. The van der Waals surface area contributed by atoms with Crippen LogP contribution in [0, 0.1) is 0 Å². The molecule has 2 heterocycles. The van der Waals surface area contributed by atoms with Crippen molar-refractivity contribution in [1.82, 2.24) is 9.97 Å². The van der Waals surface area contributed by atoms with E-state index < -0.39 is 0 Å². The third-order valence-electron chi connectivity index (χ3n) is 2.71. The van der Waals surface area contributed by atoms with E-state index >= 15 is 0 Å². The summed E-state index contributed by atoms with van der Waals surface area (Å²) in [4.78, 5) is 8.42. The predicted octanol–water partition coefficient (Wildman–Crippen LogP) is 5.36. The molecule has 0 fully saturated rings. The summed E-state index contributed by atoms with van der Waals surface area (Å²) in [5.41, 5.74) is 1.20. The highest BCUT2D eigenvalue weighted by molar-refractivity contribution is 6.40. The molecule has 0 aliphatic rings. The summed E-state index contributed by atoms with van der Waals surface area (Å²) in [7, 11) is 0. The van der Waals surface area contributed by atoms with Gasteiger partial charge in [-0.25, -0.2) is 9.97 Å². The fourth-order valence-electron chi connectivity index (χ4n) is 1.81. The first-order valence-corrected chi connectivity index (χ1v) is 6.82. The lowest BCUT2D eigenvalue weighted by atomic mass is 10.1. The van der Waals surface area contributed by atoms with E-state index in [2.05, 4.69) is 9.97 Å². The number of furan rings is 1. The van der Waals surface area contributed by atoms with Crippen LogP contribution in [0.15, 0.2) is 47.1 Å². The average Bonchev–Trinajstić information content (AvgIpc) is 2.94. The minimum absolute atomic E-state index is 0.226. The van der Waals surface area contributed by atoms with Crippen molar-refractivity contribution in [2.45, 2.75) is 0 Å². The van der Waals surface area contributed by atoms with Gasteiger partial charge in [-0.2, -0.15) is 0 Å². The van der Waals surface area contributed by atoms with Crippen molar-refractivity contribution in [3.8, 4) is 22.7 Å². The number of halogens is 3. The third-order valence-corrected chi connectivity index (χ3v) is 3.58. The quantitative estimate of drug-likeness (QED) is 0.595. The molecule has 0 bridgehead atoms. The van der Waals surface area contributed by atoms with Crippen LogP contribution in [0.3, 0.4) is 0 Å². The van der Waals surface area contributed by atoms with Gasteiger partial charge < -0.3 is 4.42 Å². The summed E-state index contributed by atoms with van der Waals surface area (Å²) >= 11 is 18.6. The van der Waals surface area contributed by atoms with Gasteiger partial charge in [-0.1, -0.05) is 53.0 Å². The molecule has 2 aromatic heterocycles. The molecule has 3 nitrogen and oxygen atoms in total. The van der Waals surface area contributed by atoms with Crippen LogP contribution in [0.5, 0.6) is 0 Å². The fourth-order valence-corrected chi connectivity index (χ4v) is 2.63. The lowest BCUT2D eigenvalue weighted by Crippen LogP contribution is -1.94. The lowest BCUT2D eigenvalue weighted by molar-refractivity contribution is 0.577. The van der Waals surface area contributed by atoms with E-state index in [-0.39, 0.29) is 10.3 Å². The molecule has 0 atom stereocenters. The van der Waals surface area contributed by atoms with E-state index in [0.29, 0.717) is 27.7 Å². The van der Waals surface area contributed by atoms with Crippen LogP contribution in [0.25, 0.3) is 22.7 Å². The average molecular weight is 326 g/mol. The maximum Gasteiger partial charge on any atom is 0.198 e. The monoisotopic (exact) mass is 324 g/mol. The maximum atomic E-state index is 6.22. The molecular weight excluding hydrogens is 319 g/mol. The minimum Gasteiger partial charge on any atom is -0.461 e. The number of aromatic nitrogens is 2.